The van der Waals surface area contributed by atoms with E-state index < -0.39 is 0 Å². The molecule has 0 spiro atoms. The van der Waals surface area contributed by atoms with E-state index in [1.807, 2.05) is 0 Å². The topological polar surface area (TPSA) is 63.9 Å². The molecule has 2 aromatic rings. The number of halogens is 1. The first-order valence-electron chi connectivity index (χ1n) is 6.03. The molecule has 0 aromatic carbocycles. The molecule has 0 unspecified atom stereocenters. The van der Waals surface area contributed by atoms with Crippen molar-refractivity contribution in [3.05, 3.63) is 32.6 Å². The van der Waals surface area contributed by atoms with Crippen molar-refractivity contribution < 1.29 is 0 Å². The van der Waals surface area contributed by atoms with Crippen LogP contribution in [0.1, 0.15) is 18.5 Å². The lowest BCUT2D eigenvalue weighted by molar-refractivity contribution is 0.625. The van der Waals surface area contributed by atoms with Crippen LogP contribution >= 0.6 is 23.1 Å². The molecule has 2 aromatic heterocycles. The van der Waals surface area contributed by atoms with Crippen LogP contribution in [0.15, 0.2) is 17.1 Å². The van der Waals surface area contributed by atoms with Crippen molar-refractivity contribution in [2.75, 3.05) is 18.0 Å². The quantitative estimate of drug-likeness (QED) is 0.857. The van der Waals surface area contributed by atoms with E-state index in [0.29, 0.717) is 10.0 Å². The van der Waals surface area contributed by atoms with Crippen molar-refractivity contribution >= 4 is 28.8 Å². The van der Waals surface area contributed by atoms with Crippen LogP contribution in [0, 0.1) is 0 Å². The lowest BCUT2D eigenvalue weighted by Crippen LogP contribution is -2.26. The molecular formula is C11H12ClN5OS. The Morgan fingerprint density at radius 3 is 2.79 bits per heavy atom. The normalized spacial score (nSPS) is 15.1. The van der Waals surface area contributed by atoms with Gasteiger partial charge in [0.25, 0.3) is 5.56 Å². The van der Waals surface area contributed by atoms with Gasteiger partial charge < -0.3 is 4.90 Å². The molecule has 1 aliphatic rings. The molecule has 100 valence electrons. The van der Waals surface area contributed by atoms with E-state index in [2.05, 4.69) is 19.6 Å². The lowest BCUT2D eigenvalue weighted by Gasteiger charge is -2.16. The van der Waals surface area contributed by atoms with E-state index in [0.717, 1.165) is 30.3 Å². The van der Waals surface area contributed by atoms with Gasteiger partial charge in [0.1, 0.15) is 10.0 Å². The molecule has 0 aliphatic carbocycles. The van der Waals surface area contributed by atoms with Crippen LogP contribution in [0.25, 0.3) is 0 Å². The fourth-order valence-electron chi connectivity index (χ4n) is 2.12. The molecule has 0 radical (unpaired) electrons. The Bertz CT molecular complexity index is 634. The molecule has 1 saturated heterocycles. The number of nitrogens with zero attached hydrogens (tertiary/aromatic N) is 5. The van der Waals surface area contributed by atoms with Gasteiger partial charge in [0, 0.05) is 30.7 Å². The van der Waals surface area contributed by atoms with Gasteiger partial charge in [-0.1, -0.05) is 16.1 Å². The number of anilines is 1. The highest BCUT2D eigenvalue weighted by Gasteiger charge is 2.14. The summed E-state index contributed by atoms with van der Waals surface area (Å²) in [5.74, 6) is 0. The number of hydrogen-bond donors (Lipinski definition) is 0. The van der Waals surface area contributed by atoms with Crippen molar-refractivity contribution in [3.63, 3.8) is 0 Å². The number of rotatable bonds is 3. The third-order valence-electron chi connectivity index (χ3n) is 3.14. The summed E-state index contributed by atoms with van der Waals surface area (Å²) in [4.78, 5) is 14.2. The van der Waals surface area contributed by atoms with Gasteiger partial charge in [-0.15, -0.1) is 5.10 Å². The lowest BCUT2D eigenvalue weighted by atomic mass is 10.4. The summed E-state index contributed by atoms with van der Waals surface area (Å²) in [6.45, 7) is 2.24. The molecule has 0 N–H and O–H groups in total. The number of aromatic nitrogens is 4. The Kier molecular flexibility index (Phi) is 3.48. The molecule has 6 nitrogen and oxygen atoms in total. The second-order valence-electron chi connectivity index (χ2n) is 4.40. The van der Waals surface area contributed by atoms with Crippen LogP contribution in [0.4, 0.5) is 5.69 Å². The summed E-state index contributed by atoms with van der Waals surface area (Å²) in [5, 5.41) is 8.06. The SMILES string of the molecule is O=c1cc(N2CCCC2)cnn1Cc1nnsc1Cl. The van der Waals surface area contributed by atoms with Crippen molar-refractivity contribution in [3.8, 4) is 0 Å². The van der Waals surface area contributed by atoms with Gasteiger partial charge in [0.05, 0.1) is 18.4 Å². The van der Waals surface area contributed by atoms with E-state index in [1.54, 1.807) is 12.3 Å². The highest BCUT2D eigenvalue weighted by Crippen LogP contribution is 2.19. The molecule has 3 heterocycles. The van der Waals surface area contributed by atoms with E-state index in [1.165, 1.54) is 17.5 Å². The minimum atomic E-state index is -0.145. The molecular weight excluding hydrogens is 286 g/mol. The van der Waals surface area contributed by atoms with E-state index in [4.69, 9.17) is 11.6 Å². The Balaban J connectivity index is 1.84. The maximum Gasteiger partial charge on any atom is 0.269 e. The van der Waals surface area contributed by atoms with Crippen LogP contribution < -0.4 is 10.5 Å². The Morgan fingerprint density at radius 1 is 1.37 bits per heavy atom. The van der Waals surface area contributed by atoms with Crippen molar-refractivity contribution in [2.24, 2.45) is 0 Å². The van der Waals surface area contributed by atoms with Crippen LogP contribution in [0.5, 0.6) is 0 Å². The summed E-state index contributed by atoms with van der Waals surface area (Å²) < 4.78 is 5.58. The summed E-state index contributed by atoms with van der Waals surface area (Å²) in [7, 11) is 0. The van der Waals surface area contributed by atoms with Crippen molar-refractivity contribution in [2.45, 2.75) is 19.4 Å². The highest BCUT2D eigenvalue weighted by atomic mass is 35.5. The first kappa shape index (κ1) is 12.6. The standard InChI is InChI=1S/C11H12ClN5OS/c12-11-9(14-15-19-11)7-17-10(18)5-8(6-13-17)16-3-1-2-4-16/h5-6H,1-4,7H2. The molecule has 1 fully saturated rings. The Hall–Kier alpha value is -1.47. The van der Waals surface area contributed by atoms with Gasteiger partial charge in [-0.3, -0.25) is 4.79 Å². The molecule has 0 bridgehead atoms. The third kappa shape index (κ3) is 2.62. The van der Waals surface area contributed by atoms with Crippen LogP contribution in [0.2, 0.25) is 4.34 Å². The minimum Gasteiger partial charge on any atom is -0.370 e. The monoisotopic (exact) mass is 297 g/mol. The largest absolute Gasteiger partial charge is 0.370 e. The molecule has 0 saturated carbocycles. The van der Waals surface area contributed by atoms with Gasteiger partial charge in [-0.2, -0.15) is 5.10 Å². The van der Waals surface area contributed by atoms with Crippen LogP contribution in [0.3, 0.4) is 0 Å². The predicted octanol–water partition coefficient (Wildman–Crippen LogP) is 1.40. The Morgan fingerprint density at radius 2 is 2.16 bits per heavy atom. The van der Waals surface area contributed by atoms with Gasteiger partial charge in [-0.25, -0.2) is 4.68 Å². The molecule has 1 aliphatic heterocycles. The zero-order chi connectivity index (χ0) is 13.2. The molecule has 8 heteroatoms. The van der Waals surface area contributed by atoms with E-state index in [9.17, 15) is 4.79 Å². The minimum absolute atomic E-state index is 0.145. The van der Waals surface area contributed by atoms with E-state index >= 15 is 0 Å². The zero-order valence-corrected chi connectivity index (χ0v) is 11.7. The van der Waals surface area contributed by atoms with Gasteiger partial charge in [0.15, 0.2) is 0 Å². The van der Waals surface area contributed by atoms with Gasteiger partial charge >= 0.3 is 0 Å². The van der Waals surface area contributed by atoms with Crippen LogP contribution in [-0.2, 0) is 6.54 Å². The third-order valence-corrected chi connectivity index (χ3v) is 4.12. The predicted molar refractivity (Wildman–Crippen MR) is 74.0 cm³/mol. The maximum absolute atomic E-state index is 12.0. The average molecular weight is 298 g/mol. The van der Waals surface area contributed by atoms with Gasteiger partial charge in [-0.05, 0) is 12.8 Å². The first-order chi connectivity index (χ1) is 9.24. The molecule has 19 heavy (non-hydrogen) atoms. The zero-order valence-electron chi connectivity index (χ0n) is 10.1. The van der Waals surface area contributed by atoms with E-state index in [-0.39, 0.29) is 12.1 Å². The fraction of sp³-hybridized carbons (Fsp3) is 0.455. The Labute approximate surface area is 118 Å². The number of hydrogen-bond acceptors (Lipinski definition) is 6. The van der Waals surface area contributed by atoms with Crippen molar-refractivity contribution in [1.82, 2.24) is 19.4 Å². The first-order valence-corrected chi connectivity index (χ1v) is 7.18. The summed E-state index contributed by atoms with van der Waals surface area (Å²) >= 11 is 7.03. The molecule has 3 rings (SSSR count). The smallest absolute Gasteiger partial charge is 0.269 e. The average Bonchev–Trinajstić information content (AvgIpc) is 3.04. The second-order valence-corrected chi connectivity index (χ2v) is 5.75. The summed E-state index contributed by atoms with van der Waals surface area (Å²) in [6.07, 6.45) is 4.06. The van der Waals surface area contributed by atoms with Gasteiger partial charge in [0.2, 0.25) is 0 Å². The molecule has 0 atom stereocenters. The molecule has 0 amide bonds. The van der Waals surface area contributed by atoms with Crippen LogP contribution in [-0.4, -0.2) is 32.5 Å². The maximum atomic E-state index is 12.0. The van der Waals surface area contributed by atoms with Crippen molar-refractivity contribution in [1.29, 1.82) is 0 Å². The summed E-state index contributed by atoms with van der Waals surface area (Å²) in [6, 6.07) is 1.62. The highest BCUT2D eigenvalue weighted by molar-refractivity contribution is 7.10. The second kappa shape index (κ2) is 5.26. The fourth-order valence-corrected chi connectivity index (χ4v) is 2.74. The summed E-state index contributed by atoms with van der Waals surface area (Å²) in [5.41, 5.74) is 1.32.